The number of morpholine rings is 1. The zero-order valence-corrected chi connectivity index (χ0v) is 13.4. The lowest BCUT2D eigenvalue weighted by molar-refractivity contribution is -0.0586. The highest BCUT2D eigenvalue weighted by Crippen LogP contribution is 2.27. The van der Waals surface area contributed by atoms with E-state index in [1.165, 1.54) is 0 Å². The Labute approximate surface area is 136 Å². The highest BCUT2D eigenvalue weighted by molar-refractivity contribution is 5.97. The van der Waals surface area contributed by atoms with E-state index in [0.717, 1.165) is 5.75 Å². The first-order valence-corrected chi connectivity index (χ1v) is 7.90. The molecule has 2 atom stereocenters. The Balaban J connectivity index is 1.83. The topological polar surface area (TPSA) is 38.8 Å². The largest absolute Gasteiger partial charge is 0.457 e. The second kappa shape index (κ2) is 6.84. The van der Waals surface area contributed by atoms with E-state index in [4.69, 9.17) is 9.47 Å². The fourth-order valence-corrected chi connectivity index (χ4v) is 2.86. The van der Waals surface area contributed by atoms with Crippen LogP contribution in [0, 0.1) is 0 Å². The van der Waals surface area contributed by atoms with E-state index in [1.807, 2.05) is 73.3 Å². The molecule has 0 bridgehead atoms. The normalized spacial score (nSPS) is 21.0. The van der Waals surface area contributed by atoms with Gasteiger partial charge in [-0.1, -0.05) is 30.3 Å². The second-order valence-electron chi connectivity index (χ2n) is 5.88. The molecule has 120 valence electrons. The summed E-state index contributed by atoms with van der Waals surface area (Å²) in [4.78, 5) is 14.7. The first-order valence-electron chi connectivity index (χ1n) is 7.90. The Morgan fingerprint density at radius 2 is 1.61 bits per heavy atom. The van der Waals surface area contributed by atoms with E-state index >= 15 is 0 Å². The molecule has 4 nitrogen and oxygen atoms in total. The van der Waals surface area contributed by atoms with Gasteiger partial charge in [0.2, 0.25) is 0 Å². The van der Waals surface area contributed by atoms with Gasteiger partial charge in [0.25, 0.3) is 5.91 Å². The fourth-order valence-electron chi connectivity index (χ4n) is 2.86. The predicted molar refractivity (Wildman–Crippen MR) is 88.9 cm³/mol. The van der Waals surface area contributed by atoms with Crippen molar-refractivity contribution < 1.29 is 14.3 Å². The van der Waals surface area contributed by atoms with Crippen molar-refractivity contribution >= 4 is 5.91 Å². The van der Waals surface area contributed by atoms with Crippen molar-refractivity contribution in [3.8, 4) is 11.5 Å². The molecule has 0 radical (unpaired) electrons. The first-order chi connectivity index (χ1) is 11.1. The molecular formula is C19H21NO3. The molecule has 1 amide bonds. The number of nitrogens with zero attached hydrogens (tertiary/aromatic N) is 1. The summed E-state index contributed by atoms with van der Waals surface area (Å²) < 4.78 is 11.6. The van der Waals surface area contributed by atoms with E-state index in [-0.39, 0.29) is 18.1 Å². The minimum absolute atomic E-state index is 0.0152. The smallest absolute Gasteiger partial charge is 0.257 e. The van der Waals surface area contributed by atoms with E-state index < -0.39 is 0 Å². The molecule has 1 fully saturated rings. The van der Waals surface area contributed by atoms with Crippen molar-refractivity contribution in [2.45, 2.75) is 26.1 Å². The van der Waals surface area contributed by atoms with Gasteiger partial charge in [0, 0.05) is 13.1 Å². The van der Waals surface area contributed by atoms with Gasteiger partial charge in [-0.25, -0.2) is 0 Å². The molecule has 23 heavy (non-hydrogen) atoms. The number of ether oxygens (including phenoxy) is 2. The average molecular weight is 311 g/mol. The summed E-state index contributed by atoms with van der Waals surface area (Å²) in [7, 11) is 0. The number of carbonyl (C=O) groups excluding carboxylic acids is 1. The predicted octanol–water partition coefficient (Wildman–Crippen LogP) is 3.73. The SMILES string of the molecule is C[C@@H]1CN(C(=O)c2ccccc2Oc2ccccc2)C[C@H](C)O1. The van der Waals surface area contributed by atoms with Crippen LogP contribution in [0.15, 0.2) is 54.6 Å². The van der Waals surface area contributed by atoms with Crippen LogP contribution in [0.25, 0.3) is 0 Å². The number of carbonyl (C=O) groups is 1. The Morgan fingerprint density at radius 1 is 1.00 bits per heavy atom. The maximum absolute atomic E-state index is 12.9. The third-order valence-corrected chi connectivity index (χ3v) is 3.80. The zero-order valence-electron chi connectivity index (χ0n) is 13.4. The van der Waals surface area contributed by atoms with Crippen LogP contribution in [0.2, 0.25) is 0 Å². The van der Waals surface area contributed by atoms with Gasteiger partial charge >= 0.3 is 0 Å². The minimum atomic E-state index is -0.0152. The van der Waals surface area contributed by atoms with Crippen molar-refractivity contribution in [3.63, 3.8) is 0 Å². The summed E-state index contributed by atoms with van der Waals surface area (Å²) in [5, 5.41) is 0. The molecule has 1 saturated heterocycles. The van der Waals surface area contributed by atoms with Crippen LogP contribution in [0.4, 0.5) is 0 Å². The molecule has 3 rings (SSSR count). The molecule has 0 unspecified atom stereocenters. The van der Waals surface area contributed by atoms with Crippen molar-refractivity contribution in [2.24, 2.45) is 0 Å². The van der Waals surface area contributed by atoms with Gasteiger partial charge in [-0.15, -0.1) is 0 Å². The number of hydrogen-bond donors (Lipinski definition) is 0. The maximum Gasteiger partial charge on any atom is 0.257 e. The van der Waals surface area contributed by atoms with Gasteiger partial charge in [-0.2, -0.15) is 0 Å². The van der Waals surface area contributed by atoms with Gasteiger partial charge in [-0.05, 0) is 38.1 Å². The molecule has 1 aliphatic rings. The summed E-state index contributed by atoms with van der Waals surface area (Å²) >= 11 is 0. The standard InChI is InChI=1S/C19H21NO3/c1-14-12-20(13-15(2)22-14)19(21)17-10-6-7-11-18(17)23-16-8-4-3-5-9-16/h3-11,14-15H,12-13H2,1-2H3/t14-,15+. The van der Waals surface area contributed by atoms with Gasteiger partial charge in [0.05, 0.1) is 17.8 Å². The number of hydrogen-bond acceptors (Lipinski definition) is 3. The van der Waals surface area contributed by atoms with Gasteiger partial charge < -0.3 is 14.4 Å². The van der Waals surface area contributed by atoms with Crippen molar-refractivity contribution in [3.05, 3.63) is 60.2 Å². The van der Waals surface area contributed by atoms with E-state index in [0.29, 0.717) is 24.4 Å². The minimum Gasteiger partial charge on any atom is -0.457 e. The molecule has 0 N–H and O–H groups in total. The van der Waals surface area contributed by atoms with Crippen LogP contribution in [0.3, 0.4) is 0 Å². The summed E-state index contributed by atoms with van der Waals surface area (Å²) in [5.41, 5.74) is 0.581. The highest BCUT2D eigenvalue weighted by atomic mass is 16.5. The molecule has 0 aromatic heterocycles. The van der Waals surface area contributed by atoms with Crippen LogP contribution >= 0.6 is 0 Å². The van der Waals surface area contributed by atoms with Crippen molar-refractivity contribution in [1.29, 1.82) is 0 Å². The molecular weight excluding hydrogens is 290 g/mol. The van der Waals surface area contributed by atoms with Gasteiger partial charge in [-0.3, -0.25) is 4.79 Å². The molecule has 0 saturated carbocycles. The number of rotatable bonds is 3. The van der Waals surface area contributed by atoms with Crippen LogP contribution in [-0.2, 0) is 4.74 Å². The van der Waals surface area contributed by atoms with E-state index in [1.54, 1.807) is 0 Å². The van der Waals surface area contributed by atoms with Gasteiger partial charge in [0.15, 0.2) is 0 Å². The highest BCUT2D eigenvalue weighted by Gasteiger charge is 2.28. The third kappa shape index (κ3) is 3.71. The zero-order chi connectivity index (χ0) is 16.2. The summed E-state index contributed by atoms with van der Waals surface area (Å²) in [6.45, 7) is 5.18. The van der Waals surface area contributed by atoms with Crippen LogP contribution < -0.4 is 4.74 Å². The summed E-state index contributed by atoms with van der Waals surface area (Å²) in [6.07, 6.45) is 0.0924. The number of para-hydroxylation sites is 2. The lowest BCUT2D eigenvalue weighted by atomic mass is 10.1. The second-order valence-corrected chi connectivity index (χ2v) is 5.88. The van der Waals surface area contributed by atoms with Crippen LogP contribution in [0.1, 0.15) is 24.2 Å². The lowest BCUT2D eigenvalue weighted by Crippen LogP contribution is -2.48. The van der Waals surface area contributed by atoms with Gasteiger partial charge in [0.1, 0.15) is 11.5 Å². The quantitative estimate of drug-likeness (QED) is 0.867. The van der Waals surface area contributed by atoms with Crippen LogP contribution in [0.5, 0.6) is 11.5 Å². The Hall–Kier alpha value is -2.33. The van der Waals surface area contributed by atoms with Crippen LogP contribution in [-0.4, -0.2) is 36.1 Å². The third-order valence-electron chi connectivity index (χ3n) is 3.80. The number of amides is 1. The molecule has 2 aromatic carbocycles. The molecule has 0 spiro atoms. The lowest BCUT2D eigenvalue weighted by Gasteiger charge is -2.35. The monoisotopic (exact) mass is 311 g/mol. The van der Waals surface area contributed by atoms with E-state index in [2.05, 4.69) is 0 Å². The molecule has 4 heteroatoms. The van der Waals surface area contributed by atoms with Crippen molar-refractivity contribution in [2.75, 3.05) is 13.1 Å². The molecule has 1 aliphatic heterocycles. The van der Waals surface area contributed by atoms with E-state index in [9.17, 15) is 4.79 Å². The molecule has 0 aliphatic carbocycles. The fraction of sp³-hybridized carbons (Fsp3) is 0.316. The Kier molecular flexibility index (Phi) is 4.63. The first kappa shape index (κ1) is 15.6. The average Bonchev–Trinajstić information content (AvgIpc) is 2.55. The molecule has 1 heterocycles. The number of benzene rings is 2. The Bertz CT molecular complexity index is 661. The molecule has 2 aromatic rings. The summed E-state index contributed by atoms with van der Waals surface area (Å²) in [5.74, 6) is 1.28. The van der Waals surface area contributed by atoms with Crippen molar-refractivity contribution in [1.82, 2.24) is 4.90 Å². The summed E-state index contributed by atoms with van der Waals surface area (Å²) in [6, 6.07) is 16.9. The Morgan fingerprint density at radius 3 is 2.30 bits per heavy atom. The maximum atomic E-state index is 12.9.